The zero-order chi connectivity index (χ0) is 19.0. The number of nitro groups is 1. The van der Waals surface area contributed by atoms with Crippen molar-refractivity contribution >= 4 is 29.4 Å². The van der Waals surface area contributed by atoms with E-state index in [0.717, 1.165) is 11.3 Å². The van der Waals surface area contributed by atoms with E-state index in [1.165, 1.54) is 6.07 Å². The van der Waals surface area contributed by atoms with E-state index in [2.05, 4.69) is 15.3 Å². The molecule has 1 aliphatic rings. The molecule has 0 saturated heterocycles. The first-order valence-corrected chi connectivity index (χ1v) is 8.59. The lowest BCUT2D eigenvalue weighted by Gasteiger charge is -2.25. The topological polar surface area (TPSA) is 104 Å². The van der Waals surface area contributed by atoms with Crippen molar-refractivity contribution in [1.29, 1.82) is 0 Å². The molecule has 0 radical (unpaired) electrons. The van der Waals surface area contributed by atoms with Crippen LogP contribution in [-0.2, 0) is 0 Å². The molecule has 2 heterocycles. The zero-order valence-electron chi connectivity index (χ0n) is 13.9. The first-order valence-electron chi connectivity index (χ1n) is 8.18. The zero-order valence-corrected chi connectivity index (χ0v) is 14.7. The summed E-state index contributed by atoms with van der Waals surface area (Å²) in [6.45, 7) is 0. The number of fused-ring (bicyclic) bond motifs is 1. The largest absolute Gasteiger partial charge is 0.341 e. The number of allylic oxidation sites excluding steroid dienone is 1. The quantitative estimate of drug-likeness (QED) is 0.364. The number of hydrogen-bond acceptors (Lipinski definition) is 5. The van der Waals surface area contributed by atoms with E-state index in [1.807, 2.05) is 36.4 Å². The Bertz CT molecular complexity index is 1180. The standard InChI is InChI=1S/C19H14N4O3S/c24-18-16-13(12-8-4-5-9-15(12)23(25)26)10-14(11-6-2-1-3-7-11)20-17(16)21-19(27)22-18/h1-10,13H,(H3,20,21,22,24,27). The van der Waals surface area contributed by atoms with Gasteiger partial charge >= 0.3 is 0 Å². The Kier molecular flexibility index (Phi) is 4.17. The molecule has 1 aromatic heterocycles. The van der Waals surface area contributed by atoms with Gasteiger partial charge in [0, 0.05) is 23.2 Å². The van der Waals surface area contributed by atoms with Crippen LogP contribution in [0.15, 0.2) is 65.5 Å². The third kappa shape index (κ3) is 3.06. The summed E-state index contributed by atoms with van der Waals surface area (Å²) in [7, 11) is 0. The van der Waals surface area contributed by atoms with E-state index in [9.17, 15) is 14.9 Å². The lowest BCUT2D eigenvalue weighted by Crippen LogP contribution is -2.25. The van der Waals surface area contributed by atoms with Gasteiger partial charge in [0.05, 0.1) is 10.5 Å². The van der Waals surface area contributed by atoms with E-state index in [-0.39, 0.29) is 16.0 Å². The maximum Gasteiger partial charge on any atom is 0.273 e. The van der Waals surface area contributed by atoms with E-state index in [0.29, 0.717) is 16.9 Å². The molecule has 8 heteroatoms. The summed E-state index contributed by atoms with van der Waals surface area (Å²) in [5.41, 5.74) is 2.01. The van der Waals surface area contributed by atoms with Crippen LogP contribution < -0.4 is 10.9 Å². The van der Waals surface area contributed by atoms with Crippen molar-refractivity contribution in [2.24, 2.45) is 0 Å². The summed E-state index contributed by atoms with van der Waals surface area (Å²) >= 11 is 5.08. The lowest BCUT2D eigenvalue weighted by atomic mass is 9.87. The van der Waals surface area contributed by atoms with Gasteiger partial charge in [-0.2, -0.15) is 0 Å². The van der Waals surface area contributed by atoms with Gasteiger partial charge < -0.3 is 10.3 Å². The molecule has 7 nitrogen and oxygen atoms in total. The first-order chi connectivity index (χ1) is 13.0. The molecule has 1 aliphatic heterocycles. The SMILES string of the molecule is O=c1[nH]c(=S)[nH]c2c1C(c1ccccc1[N+](=O)[O-])C=C(c1ccccc1)N2. The molecule has 3 aromatic rings. The molecule has 1 atom stereocenters. The summed E-state index contributed by atoms with van der Waals surface area (Å²) in [5, 5.41) is 14.7. The smallest absolute Gasteiger partial charge is 0.273 e. The van der Waals surface area contributed by atoms with Crippen molar-refractivity contribution in [1.82, 2.24) is 9.97 Å². The second kappa shape index (κ2) is 6.65. The van der Waals surface area contributed by atoms with Gasteiger partial charge in [-0.25, -0.2) is 0 Å². The molecule has 3 N–H and O–H groups in total. The number of hydrogen-bond donors (Lipinski definition) is 3. The number of H-pyrrole nitrogens is 2. The van der Waals surface area contributed by atoms with E-state index >= 15 is 0 Å². The van der Waals surface area contributed by atoms with Crippen molar-refractivity contribution < 1.29 is 4.92 Å². The highest BCUT2D eigenvalue weighted by Gasteiger charge is 2.30. The third-order valence-electron chi connectivity index (χ3n) is 4.44. The number of nitrogens with one attached hydrogen (secondary N) is 3. The molecule has 0 spiro atoms. The Morgan fingerprint density at radius 1 is 1.00 bits per heavy atom. The van der Waals surface area contributed by atoms with Crippen LogP contribution in [0.3, 0.4) is 0 Å². The molecular weight excluding hydrogens is 364 g/mol. The predicted octanol–water partition coefficient (Wildman–Crippen LogP) is 3.94. The first kappa shape index (κ1) is 16.9. The Hall–Kier alpha value is -3.52. The number of anilines is 1. The fourth-order valence-electron chi connectivity index (χ4n) is 3.27. The average molecular weight is 378 g/mol. The van der Waals surface area contributed by atoms with Gasteiger partial charge in [0.15, 0.2) is 4.77 Å². The highest BCUT2D eigenvalue weighted by Crippen LogP contribution is 2.39. The Labute approximate surface area is 158 Å². The van der Waals surface area contributed by atoms with E-state index in [1.54, 1.807) is 18.2 Å². The molecule has 0 amide bonds. The van der Waals surface area contributed by atoms with Crippen molar-refractivity contribution in [2.45, 2.75) is 5.92 Å². The number of benzene rings is 2. The maximum atomic E-state index is 12.6. The number of para-hydroxylation sites is 1. The molecule has 4 rings (SSSR count). The third-order valence-corrected chi connectivity index (χ3v) is 4.64. The van der Waals surface area contributed by atoms with Crippen LogP contribution in [0.5, 0.6) is 0 Å². The van der Waals surface area contributed by atoms with Crippen LogP contribution >= 0.6 is 12.2 Å². The van der Waals surface area contributed by atoms with Crippen LogP contribution in [0.4, 0.5) is 11.5 Å². The molecule has 1 unspecified atom stereocenters. The summed E-state index contributed by atoms with van der Waals surface area (Å²) < 4.78 is 0.182. The molecule has 134 valence electrons. The molecule has 0 aliphatic carbocycles. The molecule has 2 aromatic carbocycles. The minimum absolute atomic E-state index is 0.0409. The summed E-state index contributed by atoms with van der Waals surface area (Å²) in [5.74, 6) is -0.165. The predicted molar refractivity (Wildman–Crippen MR) is 105 cm³/mol. The van der Waals surface area contributed by atoms with Gasteiger partial charge in [-0.1, -0.05) is 48.5 Å². The van der Waals surface area contributed by atoms with Crippen LogP contribution in [0.1, 0.15) is 22.6 Å². The minimum Gasteiger partial charge on any atom is -0.341 e. The Morgan fingerprint density at radius 3 is 2.44 bits per heavy atom. The normalized spacial score (nSPS) is 15.4. The van der Waals surface area contributed by atoms with Gasteiger partial charge in [-0.3, -0.25) is 19.9 Å². The maximum absolute atomic E-state index is 12.6. The summed E-state index contributed by atoms with van der Waals surface area (Å²) in [6.07, 6.45) is 1.83. The second-order valence-electron chi connectivity index (χ2n) is 6.06. The monoisotopic (exact) mass is 378 g/mol. The highest BCUT2D eigenvalue weighted by atomic mass is 32.1. The molecular formula is C19H14N4O3S. The van der Waals surface area contributed by atoms with Gasteiger partial charge in [0.2, 0.25) is 0 Å². The summed E-state index contributed by atoms with van der Waals surface area (Å²) in [4.78, 5) is 29.2. The molecule has 0 bridgehead atoms. The van der Waals surface area contributed by atoms with Crippen molar-refractivity contribution in [2.75, 3.05) is 5.32 Å². The number of aromatic nitrogens is 2. The molecule has 0 fully saturated rings. The van der Waals surface area contributed by atoms with E-state index < -0.39 is 10.8 Å². The van der Waals surface area contributed by atoms with Crippen LogP contribution in [0, 0.1) is 14.9 Å². The van der Waals surface area contributed by atoms with Gasteiger partial charge in [-0.05, 0) is 23.9 Å². The highest BCUT2D eigenvalue weighted by molar-refractivity contribution is 7.71. The fourth-order valence-corrected chi connectivity index (χ4v) is 3.46. The lowest BCUT2D eigenvalue weighted by molar-refractivity contribution is -0.385. The number of nitro benzene ring substituents is 1. The van der Waals surface area contributed by atoms with Crippen LogP contribution in [0.25, 0.3) is 5.70 Å². The summed E-state index contributed by atoms with van der Waals surface area (Å²) in [6, 6.07) is 16.0. The van der Waals surface area contributed by atoms with E-state index in [4.69, 9.17) is 12.2 Å². The van der Waals surface area contributed by atoms with Gasteiger partial charge in [0.25, 0.3) is 11.2 Å². The minimum atomic E-state index is -0.603. The Morgan fingerprint density at radius 2 is 1.70 bits per heavy atom. The van der Waals surface area contributed by atoms with Crippen molar-refractivity contribution in [3.8, 4) is 0 Å². The van der Waals surface area contributed by atoms with Crippen LogP contribution in [-0.4, -0.2) is 14.9 Å². The average Bonchev–Trinajstić information content (AvgIpc) is 2.67. The Balaban J connectivity index is 1.99. The fraction of sp³-hybridized carbons (Fsp3) is 0.0526. The molecule has 0 saturated carbocycles. The molecule has 27 heavy (non-hydrogen) atoms. The van der Waals surface area contributed by atoms with Crippen molar-refractivity contribution in [3.05, 3.63) is 103 Å². The van der Waals surface area contributed by atoms with Gasteiger partial charge in [0.1, 0.15) is 5.82 Å². The van der Waals surface area contributed by atoms with Crippen molar-refractivity contribution in [3.63, 3.8) is 0 Å². The number of rotatable bonds is 3. The van der Waals surface area contributed by atoms with Crippen LogP contribution in [0.2, 0.25) is 0 Å². The second-order valence-corrected chi connectivity index (χ2v) is 6.47. The number of aromatic amines is 2. The van der Waals surface area contributed by atoms with Gasteiger partial charge in [-0.15, -0.1) is 0 Å². The number of nitrogens with zero attached hydrogens (tertiary/aromatic N) is 1.